The van der Waals surface area contributed by atoms with Crippen LogP contribution in [0.1, 0.15) is 6.92 Å². The number of nitrogens with two attached hydrogens (primary N) is 1. The maximum Gasteiger partial charge on any atom is 0.224 e. The van der Waals surface area contributed by atoms with Crippen molar-refractivity contribution in [1.29, 1.82) is 0 Å². The van der Waals surface area contributed by atoms with E-state index in [9.17, 15) is 5.11 Å². The first kappa shape index (κ1) is 12.9. The molecule has 0 bridgehead atoms. The number of hydrogen-bond acceptors (Lipinski definition) is 7. The molecule has 1 atom stereocenters. The van der Waals surface area contributed by atoms with E-state index in [0.717, 1.165) is 0 Å². The minimum atomic E-state index is -0.814. The fourth-order valence-electron chi connectivity index (χ4n) is 1.61. The molecule has 0 fully saturated rings. The summed E-state index contributed by atoms with van der Waals surface area (Å²) in [5.41, 5.74) is 5.98. The lowest BCUT2D eigenvalue weighted by atomic mass is 10.1. The lowest BCUT2D eigenvalue weighted by Gasteiger charge is -2.22. The van der Waals surface area contributed by atoms with Crippen LogP contribution in [0.15, 0.2) is 6.33 Å². The van der Waals surface area contributed by atoms with Gasteiger partial charge in [0.15, 0.2) is 11.5 Å². The molecule has 7 nitrogen and oxygen atoms in total. The zero-order chi connectivity index (χ0) is 13.2. The first-order chi connectivity index (χ1) is 8.52. The second-order valence-corrected chi connectivity index (χ2v) is 5.18. The van der Waals surface area contributed by atoms with Gasteiger partial charge in [0.05, 0.1) is 11.9 Å². The monoisotopic (exact) mass is 268 g/mol. The predicted octanol–water partition coefficient (Wildman–Crippen LogP) is 0.461. The van der Waals surface area contributed by atoms with Crippen LogP contribution in [0.2, 0.25) is 0 Å². The van der Waals surface area contributed by atoms with Gasteiger partial charge in [0, 0.05) is 12.3 Å². The molecule has 0 radical (unpaired) electrons. The minimum absolute atomic E-state index is 0.154. The third-order valence-corrected chi connectivity index (χ3v) is 3.31. The molecule has 0 spiro atoms. The van der Waals surface area contributed by atoms with E-state index in [-0.39, 0.29) is 5.95 Å². The molecule has 0 saturated carbocycles. The molecule has 5 N–H and O–H groups in total. The fourth-order valence-corrected chi connectivity index (χ4v) is 2.34. The van der Waals surface area contributed by atoms with Gasteiger partial charge in [-0.1, -0.05) is 0 Å². The van der Waals surface area contributed by atoms with Crippen molar-refractivity contribution in [2.75, 3.05) is 29.6 Å². The first-order valence-corrected chi connectivity index (χ1v) is 6.83. The first-order valence-electron chi connectivity index (χ1n) is 5.43. The molecule has 0 saturated heterocycles. The van der Waals surface area contributed by atoms with Crippen molar-refractivity contribution in [1.82, 2.24) is 19.9 Å². The van der Waals surface area contributed by atoms with Gasteiger partial charge >= 0.3 is 0 Å². The lowest BCUT2D eigenvalue weighted by Crippen LogP contribution is -2.36. The molecule has 18 heavy (non-hydrogen) atoms. The molecule has 8 heteroatoms. The number of thioether (sulfide) groups is 1. The summed E-state index contributed by atoms with van der Waals surface area (Å²) in [4.78, 5) is 15.1. The average molecular weight is 268 g/mol. The van der Waals surface area contributed by atoms with E-state index in [4.69, 9.17) is 5.73 Å². The Bertz CT molecular complexity index is 540. The van der Waals surface area contributed by atoms with Crippen LogP contribution in [0.3, 0.4) is 0 Å². The number of aliphatic hydroxyl groups is 1. The van der Waals surface area contributed by atoms with Gasteiger partial charge in [0.1, 0.15) is 5.52 Å². The lowest BCUT2D eigenvalue weighted by molar-refractivity contribution is 0.0996. The van der Waals surface area contributed by atoms with E-state index in [2.05, 4.69) is 25.3 Å². The van der Waals surface area contributed by atoms with Crippen LogP contribution in [0.4, 0.5) is 11.8 Å². The molecule has 0 aliphatic carbocycles. The smallest absolute Gasteiger partial charge is 0.224 e. The summed E-state index contributed by atoms with van der Waals surface area (Å²) < 4.78 is 0. The number of imidazole rings is 1. The van der Waals surface area contributed by atoms with E-state index in [1.807, 2.05) is 6.26 Å². The number of nitrogens with zero attached hydrogens (tertiary/aromatic N) is 3. The molecule has 0 aliphatic heterocycles. The number of anilines is 2. The summed E-state index contributed by atoms with van der Waals surface area (Å²) in [6.07, 6.45) is 3.48. The molecule has 0 aliphatic rings. The Hall–Kier alpha value is -1.54. The van der Waals surface area contributed by atoms with Gasteiger partial charge in [-0.25, -0.2) is 4.98 Å². The number of fused-ring (bicyclic) bond motifs is 1. The molecule has 1 unspecified atom stereocenters. The molecule has 2 aromatic rings. The minimum Gasteiger partial charge on any atom is -0.387 e. The van der Waals surface area contributed by atoms with E-state index in [0.29, 0.717) is 29.3 Å². The Labute approximate surface area is 109 Å². The van der Waals surface area contributed by atoms with Crippen LogP contribution < -0.4 is 11.1 Å². The van der Waals surface area contributed by atoms with Gasteiger partial charge in [0.2, 0.25) is 5.95 Å². The molecular formula is C10H16N6OS. The van der Waals surface area contributed by atoms with Crippen LogP contribution >= 0.6 is 11.8 Å². The van der Waals surface area contributed by atoms with Gasteiger partial charge < -0.3 is 21.1 Å². The topological polar surface area (TPSA) is 113 Å². The Kier molecular flexibility index (Phi) is 3.58. The maximum absolute atomic E-state index is 10.1. The van der Waals surface area contributed by atoms with Crippen molar-refractivity contribution in [2.24, 2.45) is 0 Å². The highest BCUT2D eigenvalue weighted by Crippen LogP contribution is 2.19. The van der Waals surface area contributed by atoms with Gasteiger partial charge in [-0.15, -0.1) is 0 Å². The second kappa shape index (κ2) is 4.99. The van der Waals surface area contributed by atoms with Crippen LogP contribution in [0.5, 0.6) is 0 Å². The van der Waals surface area contributed by atoms with Crippen LogP contribution in [0.25, 0.3) is 11.2 Å². The third-order valence-electron chi connectivity index (χ3n) is 2.39. The highest BCUT2D eigenvalue weighted by molar-refractivity contribution is 7.98. The standard InChI is InChI=1S/C10H16N6OS/c1-10(17,4-18-2)3-12-7-6-8(14-5-13-6)16-9(11)15-7/h5,17H,3-4H2,1-2H3,(H4,11,12,13,14,15,16). The molecule has 0 amide bonds. The van der Waals surface area contributed by atoms with E-state index in [1.54, 1.807) is 18.7 Å². The summed E-state index contributed by atoms with van der Waals surface area (Å²) in [6.45, 7) is 2.14. The molecule has 0 aromatic carbocycles. The maximum atomic E-state index is 10.1. The van der Waals surface area contributed by atoms with Crippen LogP contribution in [-0.2, 0) is 0 Å². The zero-order valence-electron chi connectivity index (χ0n) is 10.3. The van der Waals surface area contributed by atoms with Crippen LogP contribution in [0, 0.1) is 0 Å². The Balaban J connectivity index is 2.19. The number of aromatic amines is 1. The van der Waals surface area contributed by atoms with Crippen molar-refractivity contribution >= 4 is 34.7 Å². The Morgan fingerprint density at radius 1 is 1.56 bits per heavy atom. The summed E-state index contributed by atoms with van der Waals surface area (Å²) in [5, 5.41) is 13.2. The summed E-state index contributed by atoms with van der Waals surface area (Å²) >= 11 is 1.58. The third kappa shape index (κ3) is 2.82. The number of nitrogen functional groups attached to an aromatic ring is 1. The summed E-state index contributed by atoms with van der Waals surface area (Å²) in [5.74, 6) is 1.34. The normalized spacial score (nSPS) is 14.6. The predicted molar refractivity (Wildman–Crippen MR) is 73.6 cm³/mol. The fraction of sp³-hybridized carbons (Fsp3) is 0.500. The largest absolute Gasteiger partial charge is 0.387 e. The SMILES string of the molecule is CSCC(C)(O)CNc1nc(N)nc2nc[nH]c12. The number of H-pyrrole nitrogens is 1. The van der Waals surface area contributed by atoms with Crippen molar-refractivity contribution < 1.29 is 5.11 Å². The van der Waals surface area contributed by atoms with E-state index < -0.39 is 5.60 Å². The molecule has 98 valence electrons. The average Bonchev–Trinajstić information content (AvgIpc) is 2.73. The number of rotatable bonds is 5. The van der Waals surface area contributed by atoms with Crippen molar-refractivity contribution in [3.8, 4) is 0 Å². The second-order valence-electron chi connectivity index (χ2n) is 4.32. The number of nitrogens with one attached hydrogen (secondary N) is 2. The molecule has 2 rings (SSSR count). The van der Waals surface area contributed by atoms with Gasteiger partial charge in [0.25, 0.3) is 0 Å². The van der Waals surface area contributed by atoms with E-state index in [1.165, 1.54) is 6.33 Å². The van der Waals surface area contributed by atoms with E-state index >= 15 is 0 Å². The van der Waals surface area contributed by atoms with Gasteiger partial charge in [-0.05, 0) is 13.2 Å². The number of hydrogen-bond donors (Lipinski definition) is 4. The molecule has 2 aromatic heterocycles. The van der Waals surface area contributed by atoms with Crippen molar-refractivity contribution in [2.45, 2.75) is 12.5 Å². The highest BCUT2D eigenvalue weighted by Gasteiger charge is 2.20. The molecular weight excluding hydrogens is 252 g/mol. The Morgan fingerprint density at radius 3 is 3.06 bits per heavy atom. The Morgan fingerprint density at radius 2 is 2.33 bits per heavy atom. The summed E-state index contributed by atoms with van der Waals surface area (Å²) in [7, 11) is 0. The summed E-state index contributed by atoms with van der Waals surface area (Å²) in [6, 6.07) is 0. The van der Waals surface area contributed by atoms with Gasteiger partial charge in [-0.2, -0.15) is 21.7 Å². The zero-order valence-corrected chi connectivity index (χ0v) is 11.1. The van der Waals surface area contributed by atoms with Crippen molar-refractivity contribution in [3.63, 3.8) is 0 Å². The van der Waals surface area contributed by atoms with Crippen molar-refractivity contribution in [3.05, 3.63) is 6.33 Å². The molecule has 2 heterocycles. The highest BCUT2D eigenvalue weighted by atomic mass is 32.2. The van der Waals surface area contributed by atoms with Gasteiger partial charge in [-0.3, -0.25) is 0 Å². The quantitative estimate of drug-likeness (QED) is 0.623. The van der Waals surface area contributed by atoms with Crippen LogP contribution in [-0.4, -0.2) is 49.2 Å². The number of aromatic nitrogens is 4.